The standard InChI is InChI=1S/C21H24N4O4/c1-4-25-18-17(20(27)24-21(25)28)13(10-15(22-18)11(2)3)19(26)23-14-6-5-7-16-12(14)8-9-29-16/h8-11,14H,4-7H2,1-3H3,(H,23,26)(H,24,27,28). The third kappa shape index (κ3) is 3.28. The van der Waals surface area contributed by atoms with Crippen molar-refractivity contribution in [3.63, 3.8) is 0 Å². The molecule has 0 aromatic carbocycles. The Morgan fingerprint density at radius 2 is 2.21 bits per heavy atom. The molecule has 4 rings (SSSR count). The van der Waals surface area contributed by atoms with E-state index >= 15 is 0 Å². The largest absolute Gasteiger partial charge is 0.469 e. The first-order chi connectivity index (χ1) is 13.9. The van der Waals surface area contributed by atoms with Gasteiger partial charge in [0.05, 0.1) is 23.3 Å². The molecule has 0 aliphatic heterocycles. The number of hydrogen-bond acceptors (Lipinski definition) is 5. The fraction of sp³-hybridized carbons (Fsp3) is 0.429. The molecule has 1 atom stereocenters. The number of nitrogens with one attached hydrogen (secondary N) is 2. The molecule has 3 heterocycles. The lowest BCUT2D eigenvalue weighted by Crippen LogP contribution is -2.34. The fourth-order valence-corrected chi connectivity index (χ4v) is 3.93. The molecule has 0 radical (unpaired) electrons. The molecule has 3 aromatic heterocycles. The Labute approximate surface area is 167 Å². The zero-order chi connectivity index (χ0) is 20.7. The molecule has 0 fully saturated rings. The first-order valence-corrected chi connectivity index (χ1v) is 9.95. The Balaban J connectivity index is 1.86. The van der Waals surface area contributed by atoms with Gasteiger partial charge in [0.25, 0.3) is 11.5 Å². The first kappa shape index (κ1) is 19.2. The summed E-state index contributed by atoms with van der Waals surface area (Å²) >= 11 is 0. The summed E-state index contributed by atoms with van der Waals surface area (Å²) in [5.74, 6) is 0.563. The van der Waals surface area contributed by atoms with Gasteiger partial charge in [-0.3, -0.25) is 19.1 Å². The van der Waals surface area contributed by atoms with Crippen LogP contribution in [0.3, 0.4) is 0 Å². The number of hydrogen-bond donors (Lipinski definition) is 2. The average Bonchev–Trinajstić information content (AvgIpc) is 3.17. The highest BCUT2D eigenvalue weighted by atomic mass is 16.3. The van der Waals surface area contributed by atoms with Crippen molar-refractivity contribution >= 4 is 16.9 Å². The molecule has 1 aliphatic carbocycles. The molecule has 0 bridgehead atoms. The summed E-state index contributed by atoms with van der Waals surface area (Å²) in [7, 11) is 0. The van der Waals surface area contributed by atoms with Crippen molar-refractivity contribution in [2.24, 2.45) is 0 Å². The van der Waals surface area contributed by atoms with Gasteiger partial charge < -0.3 is 9.73 Å². The number of aromatic amines is 1. The van der Waals surface area contributed by atoms with Crippen LogP contribution in [0.25, 0.3) is 11.0 Å². The number of furan rings is 1. The minimum absolute atomic E-state index is 0.0285. The van der Waals surface area contributed by atoms with E-state index in [0.29, 0.717) is 12.2 Å². The fourth-order valence-electron chi connectivity index (χ4n) is 3.93. The normalized spacial score (nSPS) is 16.2. The number of amides is 1. The summed E-state index contributed by atoms with van der Waals surface area (Å²) in [5, 5.41) is 3.18. The van der Waals surface area contributed by atoms with E-state index in [1.54, 1.807) is 19.3 Å². The van der Waals surface area contributed by atoms with Crippen LogP contribution in [0, 0.1) is 0 Å². The molecule has 0 saturated carbocycles. The van der Waals surface area contributed by atoms with Crippen molar-refractivity contribution in [3.8, 4) is 0 Å². The molecule has 8 heteroatoms. The van der Waals surface area contributed by atoms with Gasteiger partial charge in [-0.2, -0.15) is 0 Å². The molecular weight excluding hydrogens is 372 g/mol. The molecular formula is C21H24N4O4. The van der Waals surface area contributed by atoms with Crippen molar-refractivity contribution in [3.05, 3.63) is 61.8 Å². The summed E-state index contributed by atoms with van der Waals surface area (Å²) in [5.41, 5.74) is 0.979. The third-order valence-corrected chi connectivity index (χ3v) is 5.48. The summed E-state index contributed by atoms with van der Waals surface area (Å²) in [6.45, 7) is 6.04. The van der Waals surface area contributed by atoms with Gasteiger partial charge in [-0.15, -0.1) is 0 Å². The van der Waals surface area contributed by atoms with Crippen LogP contribution in [0.1, 0.15) is 72.9 Å². The maximum Gasteiger partial charge on any atom is 0.329 e. The first-order valence-electron chi connectivity index (χ1n) is 9.95. The minimum atomic E-state index is -0.602. The van der Waals surface area contributed by atoms with Gasteiger partial charge in [-0.05, 0) is 37.8 Å². The molecule has 1 aliphatic rings. The molecule has 3 aromatic rings. The summed E-state index contributed by atoms with van der Waals surface area (Å²) in [6, 6.07) is 3.36. The predicted octanol–water partition coefficient (Wildman–Crippen LogP) is 2.63. The van der Waals surface area contributed by atoms with Gasteiger partial charge in [-0.1, -0.05) is 13.8 Å². The van der Waals surface area contributed by atoms with Crippen molar-refractivity contribution in [1.29, 1.82) is 0 Å². The number of fused-ring (bicyclic) bond motifs is 2. The van der Waals surface area contributed by atoms with Gasteiger partial charge in [0.1, 0.15) is 5.76 Å². The highest BCUT2D eigenvalue weighted by Gasteiger charge is 2.26. The van der Waals surface area contributed by atoms with E-state index in [9.17, 15) is 14.4 Å². The van der Waals surface area contributed by atoms with Crippen LogP contribution < -0.4 is 16.6 Å². The zero-order valence-electron chi connectivity index (χ0n) is 16.7. The Kier molecular flexibility index (Phi) is 4.86. The van der Waals surface area contributed by atoms with Gasteiger partial charge >= 0.3 is 5.69 Å². The van der Waals surface area contributed by atoms with Crippen LogP contribution in [0.15, 0.2) is 32.4 Å². The molecule has 152 valence electrons. The average molecular weight is 396 g/mol. The Morgan fingerprint density at radius 3 is 2.93 bits per heavy atom. The van der Waals surface area contributed by atoms with Crippen molar-refractivity contribution < 1.29 is 9.21 Å². The number of aromatic nitrogens is 3. The Morgan fingerprint density at radius 1 is 1.41 bits per heavy atom. The lowest BCUT2D eigenvalue weighted by atomic mass is 9.93. The predicted molar refractivity (Wildman–Crippen MR) is 108 cm³/mol. The van der Waals surface area contributed by atoms with E-state index in [-0.39, 0.29) is 34.5 Å². The van der Waals surface area contributed by atoms with E-state index in [0.717, 1.165) is 30.6 Å². The Bertz CT molecular complexity index is 1200. The highest BCUT2D eigenvalue weighted by molar-refractivity contribution is 6.05. The van der Waals surface area contributed by atoms with Crippen LogP contribution in [0.4, 0.5) is 0 Å². The summed E-state index contributed by atoms with van der Waals surface area (Å²) in [4.78, 5) is 44.9. The molecule has 1 amide bonds. The molecule has 2 N–H and O–H groups in total. The topological polar surface area (TPSA) is 110 Å². The summed E-state index contributed by atoms with van der Waals surface area (Å²) in [6.07, 6.45) is 4.20. The van der Waals surface area contributed by atoms with E-state index in [2.05, 4.69) is 15.3 Å². The van der Waals surface area contributed by atoms with E-state index in [1.165, 1.54) is 4.57 Å². The van der Waals surface area contributed by atoms with Crippen molar-refractivity contribution in [2.75, 3.05) is 0 Å². The second-order valence-electron chi connectivity index (χ2n) is 7.67. The number of nitrogens with zero attached hydrogens (tertiary/aromatic N) is 2. The van der Waals surface area contributed by atoms with Crippen LogP contribution in [-0.4, -0.2) is 20.4 Å². The number of aryl methyl sites for hydroxylation is 2. The van der Waals surface area contributed by atoms with Crippen molar-refractivity contribution in [1.82, 2.24) is 19.9 Å². The van der Waals surface area contributed by atoms with Gasteiger partial charge in [-0.25, -0.2) is 9.78 Å². The van der Waals surface area contributed by atoms with Gasteiger partial charge in [0.2, 0.25) is 0 Å². The number of pyridine rings is 1. The van der Waals surface area contributed by atoms with E-state index < -0.39 is 11.2 Å². The Hall–Kier alpha value is -3.16. The maximum atomic E-state index is 13.3. The van der Waals surface area contributed by atoms with Crippen LogP contribution in [0.2, 0.25) is 0 Å². The maximum absolute atomic E-state index is 13.3. The number of H-pyrrole nitrogens is 1. The molecule has 0 saturated heterocycles. The monoisotopic (exact) mass is 396 g/mol. The van der Waals surface area contributed by atoms with E-state index in [4.69, 9.17) is 4.42 Å². The van der Waals surface area contributed by atoms with Crippen molar-refractivity contribution in [2.45, 2.75) is 58.5 Å². The number of rotatable bonds is 4. The quantitative estimate of drug-likeness (QED) is 0.704. The van der Waals surface area contributed by atoms with E-state index in [1.807, 2.05) is 19.9 Å². The lowest BCUT2D eigenvalue weighted by Gasteiger charge is -2.23. The lowest BCUT2D eigenvalue weighted by molar-refractivity contribution is 0.0933. The minimum Gasteiger partial charge on any atom is -0.469 e. The van der Waals surface area contributed by atoms with Gasteiger partial charge in [0, 0.05) is 24.2 Å². The SMILES string of the molecule is CCn1c(=O)[nH]c(=O)c2c(C(=O)NC3CCCc4occc43)cc(C(C)C)nc21. The van der Waals surface area contributed by atoms with Gasteiger partial charge in [0.15, 0.2) is 5.65 Å². The van der Waals surface area contributed by atoms with Crippen LogP contribution in [-0.2, 0) is 13.0 Å². The number of carbonyl (C=O) groups excluding carboxylic acids is 1. The van der Waals surface area contributed by atoms with Crippen LogP contribution >= 0.6 is 0 Å². The zero-order valence-corrected chi connectivity index (χ0v) is 16.7. The van der Waals surface area contributed by atoms with Crippen LogP contribution in [0.5, 0.6) is 0 Å². The number of carbonyl (C=O) groups is 1. The highest BCUT2D eigenvalue weighted by Crippen LogP contribution is 2.31. The second-order valence-corrected chi connectivity index (χ2v) is 7.67. The third-order valence-electron chi connectivity index (χ3n) is 5.48. The molecule has 1 unspecified atom stereocenters. The second kappa shape index (κ2) is 7.35. The molecule has 29 heavy (non-hydrogen) atoms. The smallest absolute Gasteiger partial charge is 0.329 e. The molecule has 8 nitrogen and oxygen atoms in total. The molecule has 0 spiro atoms. The summed E-state index contributed by atoms with van der Waals surface area (Å²) < 4.78 is 6.89.